The largest absolute Gasteiger partial charge is 0.292 e. The van der Waals surface area contributed by atoms with E-state index in [-0.39, 0.29) is 22.8 Å². The van der Waals surface area contributed by atoms with Crippen molar-refractivity contribution >= 4 is 31.7 Å². The summed E-state index contributed by atoms with van der Waals surface area (Å²) in [6.07, 6.45) is 1.27. The van der Waals surface area contributed by atoms with Gasteiger partial charge in [0.2, 0.25) is 0 Å². The van der Waals surface area contributed by atoms with Crippen LogP contribution in [0.25, 0.3) is 0 Å². The SMILES string of the molecule is Cc1ccc(S(=O)(=O)n2cc(C(=O)Cc3ccc(Br)cc3)nn2)cc1. The van der Waals surface area contributed by atoms with Crippen LogP contribution in [0.15, 0.2) is 64.1 Å². The topological polar surface area (TPSA) is 81.9 Å². The van der Waals surface area contributed by atoms with Crippen LogP contribution in [0.5, 0.6) is 0 Å². The van der Waals surface area contributed by atoms with Gasteiger partial charge in [-0.15, -0.1) is 9.19 Å². The summed E-state index contributed by atoms with van der Waals surface area (Å²) < 4.78 is 26.7. The third-order valence-corrected chi connectivity index (χ3v) is 5.67. The number of carbonyl (C=O) groups excluding carboxylic acids is 1. The van der Waals surface area contributed by atoms with Crippen LogP contribution in [-0.2, 0) is 16.4 Å². The predicted octanol–water partition coefficient (Wildman–Crippen LogP) is 3.01. The zero-order chi connectivity index (χ0) is 18.0. The fourth-order valence-corrected chi connectivity index (χ4v) is 3.52. The molecule has 0 spiro atoms. The van der Waals surface area contributed by atoms with Gasteiger partial charge in [-0.2, -0.15) is 8.42 Å². The lowest BCUT2D eigenvalue weighted by Gasteiger charge is -2.03. The van der Waals surface area contributed by atoms with Crippen molar-refractivity contribution in [2.24, 2.45) is 0 Å². The van der Waals surface area contributed by atoms with E-state index in [1.54, 1.807) is 12.1 Å². The van der Waals surface area contributed by atoms with Gasteiger partial charge in [-0.1, -0.05) is 51.0 Å². The van der Waals surface area contributed by atoms with Crippen molar-refractivity contribution in [3.63, 3.8) is 0 Å². The maximum atomic E-state index is 12.5. The molecule has 0 aliphatic heterocycles. The molecule has 0 amide bonds. The highest BCUT2D eigenvalue weighted by atomic mass is 79.9. The number of halogens is 1. The van der Waals surface area contributed by atoms with E-state index < -0.39 is 10.0 Å². The minimum absolute atomic E-state index is 0.0126. The smallest absolute Gasteiger partial charge is 0.284 e. The van der Waals surface area contributed by atoms with Gasteiger partial charge >= 0.3 is 0 Å². The summed E-state index contributed by atoms with van der Waals surface area (Å²) in [5.41, 5.74) is 1.77. The van der Waals surface area contributed by atoms with Crippen LogP contribution in [0.3, 0.4) is 0 Å². The van der Waals surface area contributed by atoms with Crippen LogP contribution < -0.4 is 0 Å². The third kappa shape index (κ3) is 3.85. The molecule has 2 aromatic carbocycles. The number of aryl methyl sites for hydroxylation is 1. The maximum absolute atomic E-state index is 12.5. The molecule has 8 heteroatoms. The normalized spacial score (nSPS) is 11.4. The van der Waals surface area contributed by atoms with E-state index in [9.17, 15) is 13.2 Å². The molecule has 0 aliphatic rings. The van der Waals surface area contributed by atoms with Gasteiger partial charge in [0, 0.05) is 10.9 Å². The second-order valence-electron chi connectivity index (χ2n) is 5.52. The Bertz CT molecular complexity index is 1010. The summed E-state index contributed by atoms with van der Waals surface area (Å²) in [4.78, 5) is 12.4. The summed E-state index contributed by atoms with van der Waals surface area (Å²) in [6.45, 7) is 1.87. The fraction of sp³-hybridized carbons (Fsp3) is 0.118. The lowest BCUT2D eigenvalue weighted by atomic mass is 10.1. The molecule has 0 saturated heterocycles. The highest BCUT2D eigenvalue weighted by Gasteiger charge is 2.21. The van der Waals surface area contributed by atoms with Crippen LogP contribution in [0.2, 0.25) is 0 Å². The first-order valence-electron chi connectivity index (χ1n) is 7.38. The van der Waals surface area contributed by atoms with Crippen molar-refractivity contribution in [1.82, 2.24) is 14.4 Å². The molecule has 3 aromatic rings. The van der Waals surface area contributed by atoms with Gasteiger partial charge in [-0.05, 0) is 36.8 Å². The summed E-state index contributed by atoms with van der Waals surface area (Å²) in [5.74, 6) is -0.298. The minimum atomic E-state index is -3.86. The van der Waals surface area contributed by atoms with Gasteiger partial charge in [-0.3, -0.25) is 4.79 Å². The number of Topliss-reactive ketones (excluding diaryl/α,β-unsaturated/α-hetero) is 1. The Kier molecular flexibility index (Phi) is 4.82. The summed E-state index contributed by atoms with van der Waals surface area (Å²) in [7, 11) is -3.86. The van der Waals surface area contributed by atoms with Crippen LogP contribution in [0, 0.1) is 6.92 Å². The Labute approximate surface area is 153 Å². The van der Waals surface area contributed by atoms with E-state index in [2.05, 4.69) is 26.2 Å². The van der Waals surface area contributed by atoms with Gasteiger partial charge in [0.05, 0.1) is 11.1 Å². The van der Waals surface area contributed by atoms with Crippen molar-refractivity contribution in [2.75, 3.05) is 0 Å². The number of carbonyl (C=O) groups is 1. The first-order valence-corrected chi connectivity index (χ1v) is 9.62. The highest BCUT2D eigenvalue weighted by molar-refractivity contribution is 9.10. The number of hydrogen-bond acceptors (Lipinski definition) is 5. The molecule has 25 heavy (non-hydrogen) atoms. The Morgan fingerprint density at radius 3 is 2.36 bits per heavy atom. The first kappa shape index (κ1) is 17.5. The molecule has 0 N–H and O–H groups in total. The van der Waals surface area contributed by atoms with Crippen molar-refractivity contribution in [3.8, 4) is 0 Å². The summed E-state index contributed by atoms with van der Waals surface area (Å²) in [5, 5.41) is 7.33. The van der Waals surface area contributed by atoms with Crippen molar-refractivity contribution in [2.45, 2.75) is 18.2 Å². The Morgan fingerprint density at radius 2 is 1.72 bits per heavy atom. The average molecular weight is 420 g/mol. The average Bonchev–Trinajstić information content (AvgIpc) is 3.08. The standard InChI is InChI=1S/C17H14BrN3O3S/c1-12-2-8-15(9-3-12)25(23,24)21-11-16(19-20-21)17(22)10-13-4-6-14(18)7-5-13/h2-9,11H,10H2,1H3. The molecule has 0 unspecified atom stereocenters. The number of nitrogens with zero attached hydrogens (tertiary/aromatic N) is 3. The van der Waals surface area contributed by atoms with Gasteiger partial charge in [0.1, 0.15) is 5.69 Å². The molecule has 6 nitrogen and oxygen atoms in total. The van der Waals surface area contributed by atoms with E-state index in [4.69, 9.17) is 0 Å². The van der Waals surface area contributed by atoms with E-state index in [1.807, 2.05) is 31.2 Å². The maximum Gasteiger partial charge on any atom is 0.284 e. The van der Waals surface area contributed by atoms with Gasteiger partial charge in [0.15, 0.2) is 5.78 Å². The number of benzene rings is 2. The van der Waals surface area contributed by atoms with Crippen molar-refractivity contribution < 1.29 is 13.2 Å². The van der Waals surface area contributed by atoms with Gasteiger partial charge in [0.25, 0.3) is 10.0 Å². The monoisotopic (exact) mass is 419 g/mol. The number of hydrogen-bond donors (Lipinski definition) is 0. The molecule has 1 heterocycles. The first-order chi connectivity index (χ1) is 11.9. The molecule has 128 valence electrons. The molecule has 1 aromatic heterocycles. The predicted molar refractivity (Wildman–Crippen MR) is 96.0 cm³/mol. The van der Waals surface area contributed by atoms with Crippen LogP contribution in [-0.4, -0.2) is 28.6 Å². The Hall–Kier alpha value is -2.32. The Balaban J connectivity index is 1.82. The van der Waals surface area contributed by atoms with Crippen LogP contribution >= 0.6 is 15.9 Å². The summed E-state index contributed by atoms with van der Waals surface area (Å²) in [6, 6.07) is 13.7. The van der Waals surface area contributed by atoms with Crippen LogP contribution in [0.4, 0.5) is 0 Å². The van der Waals surface area contributed by atoms with Crippen molar-refractivity contribution in [3.05, 3.63) is 76.0 Å². The fourth-order valence-electron chi connectivity index (χ4n) is 2.19. The zero-order valence-corrected chi connectivity index (χ0v) is 15.7. The second kappa shape index (κ2) is 6.89. The lowest BCUT2D eigenvalue weighted by Crippen LogP contribution is -2.13. The van der Waals surface area contributed by atoms with E-state index in [0.29, 0.717) is 0 Å². The van der Waals surface area contributed by atoms with Gasteiger partial charge in [-0.25, -0.2) is 0 Å². The van der Waals surface area contributed by atoms with Gasteiger partial charge < -0.3 is 0 Å². The molecular weight excluding hydrogens is 406 g/mol. The van der Waals surface area contributed by atoms with E-state index >= 15 is 0 Å². The summed E-state index contributed by atoms with van der Waals surface area (Å²) >= 11 is 3.33. The minimum Gasteiger partial charge on any atom is -0.292 e. The molecule has 0 radical (unpaired) electrons. The number of ketones is 1. The Morgan fingerprint density at radius 1 is 1.08 bits per heavy atom. The van der Waals surface area contributed by atoms with Crippen molar-refractivity contribution in [1.29, 1.82) is 0 Å². The molecule has 0 atom stereocenters. The molecule has 0 fully saturated rings. The molecular formula is C17H14BrN3O3S. The lowest BCUT2D eigenvalue weighted by molar-refractivity contribution is 0.0988. The second-order valence-corrected chi connectivity index (χ2v) is 8.23. The molecule has 0 bridgehead atoms. The van der Waals surface area contributed by atoms with E-state index in [0.717, 1.165) is 25.9 Å². The molecule has 0 aliphatic carbocycles. The number of aromatic nitrogens is 3. The highest BCUT2D eigenvalue weighted by Crippen LogP contribution is 2.15. The van der Waals surface area contributed by atoms with E-state index in [1.165, 1.54) is 12.1 Å². The third-order valence-electron chi connectivity index (χ3n) is 3.60. The zero-order valence-electron chi connectivity index (χ0n) is 13.3. The quantitative estimate of drug-likeness (QED) is 0.593. The number of rotatable bonds is 5. The molecule has 0 saturated carbocycles. The van der Waals surface area contributed by atoms with Crippen LogP contribution in [0.1, 0.15) is 21.6 Å². The molecule has 3 rings (SSSR count).